The predicted octanol–water partition coefficient (Wildman–Crippen LogP) is 6.01. The highest BCUT2D eigenvalue weighted by Crippen LogP contribution is 2.32. The van der Waals surface area contributed by atoms with E-state index in [1.807, 2.05) is 30.3 Å². The number of nitrogens with one attached hydrogen (secondary N) is 1. The molecule has 4 aromatic rings. The SMILES string of the molecule is CCCn1c(-c2ccc(C)cc2)c(NC(=O)c2ccco2)sc1=Nc1ccccc1. The minimum absolute atomic E-state index is 0.274. The van der Waals surface area contributed by atoms with Crippen molar-refractivity contribution in [2.75, 3.05) is 5.32 Å². The highest BCUT2D eigenvalue weighted by Gasteiger charge is 2.19. The largest absolute Gasteiger partial charge is 0.459 e. The summed E-state index contributed by atoms with van der Waals surface area (Å²) in [5, 5.41) is 3.79. The van der Waals surface area contributed by atoms with Gasteiger partial charge in [0.2, 0.25) is 0 Å². The van der Waals surface area contributed by atoms with Crippen molar-refractivity contribution in [2.45, 2.75) is 26.8 Å². The molecule has 1 amide bonds. The van der Waals surface area contributed by atoms with Gasteiger partial charge in [0, 0.05) is 12.1 Å². The smallest absolute Gasteiger partial charge is 0.292 e. The highest BCUT2D eigenvalue weighted by atomic mass is 32.1. The molecule has 0 spiro atoms. The molecule has 0 fully saturated rings. The molecular weight excluding hydrogens is 394 g/mol. The molecule has 0 atom stereocenters. The monoisotopic (exact) mass is 417 g/mol. The number of para-hydroxylation sites is 1. The van der Waals surface area contributed by atoms with Gasteiger partial charge in [0.1, 0.15) is 5.00 Å². The van der Waals surface area contributed by atoms with E-state index < -0.39 is 0 Å². The second kappa shape index (κ2) is 8.97. The van der Waals surface area contributed by atoms with Crippen LogP contribution in [0.25, 0.3) is 11.3 Å². The number of thiazole rings is 1. The summed E-state index contributed by atoms with van der Waals surface area (Å²) in [7, 11) is 0. The van der Waals surface area contributed by atoms with Crippen molar-refractivity contribution >= 4 is 27.9 Å². The van der Waals surface area contributed by atoms with Gasteiger partial charge in [0.15, 0.2) is 10.6 Å². The zero-order chi connectivity index (χ0) is 20.9. The van der Waals surface area contributed by atoms with Gasteiger partial charge in [-0.1, -0.05) is 66.3 Å². The van der Waals surface area contributed by atoms with Gasteiger partial charge in [0.05, 0.1) is 17.6 Å². The van der Waals surface area contributed by atoms with Crippen LogP contribution in [-0.4, -0.2) is 10.5 Å². The Bertz CT molecular complexity index is 1190. The van der Waals surface area contributed by atoms with Crippen molar-refractivity contribution in [3.05, 3.63) is 89.1 Å². The van der Waals surface area contributed by atoms with Crippen molar-refractivity contribution in [1.29, 1.82) is 0 Å². The van der Waals surface area contributed by atoms with Gasteiger partial charge in [0.25, 0.3) is 5.91 Å². The number of benzene rings is 2. The van der Waals surface area contributed by atoms with Crippen LogP contribution in [0.2, 0.25) is 0 Å². The Labute approximate surface area is 179 Å². The first-order valence-electron chi connectivity index (χ1n) is 9.91. The molecule has 0 bridgehead atoms. The minimum Gasteiger partial charge on any atom is -0.459 e. The molecule has 0 aliphatic rings. The molecule has 0 saturated carbocycles. The van der Waals surface area contributed by atoms with E-state index in [2.05, 4.69) is 48.0 Å². The average Bonchev–Trinajstić information content (AvgIpc) is 3.39. The van der Waals surface area contributed by atoms with Crippen LogP contribution in [0.5, 0.6) is 0 Å². The van der Waals surface area contributed by atoms with Crippen LogP contribution < -0.4 is 10.1 Å². The molecule has 5 nitrogen and oxygen atoms in total. The molecule has 0 saturated heterocycles. The molecule has 0 aliphatic carbocycles. The number of aromatic nitrogens is 1. The summed E-state index contributed by atoms with van der Waals surface area (Å²) in [5.41, 5.74) is 4.06. The van der Waals surface area contributed by atoms with E-state index in [0.717, 1.165) is 39.7 Å². The summed E-state index contributed by atoms with van der Waals surface area (Å²) >= 11 is 1.47. The molecule has 4 rings (SSSR count). The molecule has 6 heteroatoms. The maximum atomic E-state index is 12.7. The number of aryl methyl sites for hydroxylation is 1. The maximum Gasteiger partial charge on any atom is 0.292 e. The van der Waals surface area contributed by atoms with Gasteiger partial charge in [-0.25, -0.2) is 4.99 Å². The lowest BCUT2D eigenvalue weighted by atomic mass is 10.1. The van der Waals surface area contributed by atoms with Gasteiger partial charge < -0.3 is 14.3 Å². The molecule has 0 unspecified atom stereocenters. The predicted molar refractivity (Wildman–Crippen MR) is 121 cm³/mol. The second-order valence-corrected chi connectivity index (χ2v) is 7.94. The number of anilines is 1. The first kappa shape index (κ1) is 19.9. The van der Waals surface area contributed by atoms with E-state index in [9.17, 15) is 4.79 Å². The van der Waals surface area contributed by atoms with Crippen LogP contribution in [-0.2, 0) is 6.54 Å². The van der Waals surface area contributed by atoms with E-state index >= 15 is 0 Å². The Morgan fingerprint density at radius 1 is 1.07 bits per heavy atom. The lowest BCUT2D eigenvalue weighted by Crippen LogP contribution is -2.16. The Morgan fingerprint density at radius 3 is 2.50 bits per heavy atom. The van der Waals surface area contributed by atoms with E-state index in [0.29, 0.717) is 0 Å². The third kappa shape index (κ3) is 4.28. The Hall–Kier alpha value is -3.38. The number of carbonyl (C=O) groups is 1. The zero-order valence-electron chi connectivity index (χ0n) is 17.0. The summed E-state index contributed by atoms with van der Waals surface area (Å²) in [6.45, 7) is 4.99. The van der Waals surface area contributed by atoms with Crippen LogP contribution >= 0.6 is 11.3 Å². The molecule has 1 N–H and O–H groups in total. The summed E-state index contributed by atoms with van der Waals surface area (Å²) in [4.78, 5) is 18.4. The average molecular weight is 418 g/mol. The van der Waals surface area contributed by atoms with Gasteiger partial charge in [-0.2, -0.15) is 0 Å². The van der Waals surface area contributed by atoms with Crippen molar-refractivity contribution in [2.24, 2.45) is 4.99 Å². The van der Waals surface area contributed by atoms with Gasteiger partial charge in [-0.3, -0.25) is 4.79 Å². The summed E-state index contributed by atoms with van der Waals surface area (Å²) in [6, 6.07) is 21.5. The van der Waals surface area contributed by atoms with Crippen molar-refractivity contribution in [3.8, 4) is 11.3 Å². The Balaban J connectivity index is 1.88. The Morgan fingerprint density at radius 2 is 1.83 bits per heavy atom. The van der Waals surface area contributed by atoms with Crippen LogP contribution in [0.4, 0.5) is 10.7 Å². The van der Waals surface area contributed by atoms with E-state index in [4.69, 9.17) is 9.41 Å². The first-order valence-corrected chi connectivity index (χ1v) is 10.7. The van der Waals surface area contributed by atoms with E-state index in [1.165, 1.54) is 23.2 Å². The number of rotatable bonds is 6. The first-order chi connectivity index (χ1) is 14.7. The fraction of sp³-hybridized carbons (Fsp3) is 0.167. The number of hydrogen-bond donors (Lipinski definition) is 1. The lowest BCUT2D eigenvalue weighted by molar-refractivity contribution is 0.0997. The van der Waals surface area contributed by atoms with Gasteiger partial charge in [-0.05, 0) is 37.6 Å². The van der Waals surface area contributed by atoms with E-state index in [-0.39, 0.29) is 11.7 Å². The number of hydrogen-bond acceptors (Lipinski definition) is 4. The maximum absolute atomic E-state index is 12.7. The molecule has 0 radical (unpaired) electrons. The highest BCUT2D eigenvalue weighted by molar-refractivity contribution is 7.14. The topological polar surface area (TPSA) is 59.5 Å². The van der Waals surface area contributed by atoms with Crippen LogP contribution in [0.1, 0.15) is 29.5 Å². The summed E-state index contributed by atoms with van der Waals surface area (Å²) in [6.07, 6.45) is 2.45. The number of furan rings is 1. The number of nitrogens with zero attached hydrogens (tertiary/aromatic N) is 2. The molecule has 0 aliphatic heterocycles. The summed E-state index contributed by atoms with van der Waals surface area (Å²) in [5.74, 6) is 0.00590. The third-order valence-corrected chi connectivity index (χ3v) is 5.63. The van der Waals surface area contributed by atoms with Crippen molar-refractivity contribution in [3.63, 3.8) is 0 Å². The number of carbonyl (C=O) groups excluding carboxylic acids is 1. The van der Waals surface area contributed by atoms with Crippen LogP contribution in [0, 0.1) is 6.92 Å². The molecule has 2 aromatic heterocycles. The molecule has 30 heavy (non-hydrogen) atoms. The Kier molecular flexibility index (Phi) is 5.95. The van der Waals surface area contributed by atoms with Crippen LogP contribution in [0.3, 0.4) is 0 Å². The normalized spacial score (nSPS) is 11.6. The fourth-order valence-electron chi connectivity index (χ4n) is 3.20. The van der Waals surface area contributed by atoms with Crippen molar-refractivity contribution < 1.29 is 9.21 Å². The fourth-order valence-corrected chi connectivity index (χ4v) is 4.29. The lowest BCUT2D eigenvalue weighted by Gasteiger charge is -2.11. The van der Waals surface area contributed by atoms with Crippen LogP contribution in [0.15, 0.2) is 82.4 Å². The quantitative estimate of drug-likeness (QED) is 0.417. The molecule has 152 valence electrons. The number of amides is 1. The van der Waals surface area contributed by atoms with Gasteiger partial charge >= 0.3 is 0 Å². The van der Waals surface area contributed by atoms with Crippen molar-refractivity contribution in [1.82, 2.24) is 4.57 Å². The standard InChI is InChI=1S/C24H23N3O2S/c1-3-15-27-21(18-13-11-17(2)12-14-18)23(26-22(28)20-10-7-16-29-20)30-24(27)25-19-8-5-4-6-9-19/h4-14,16H,3,15H2,1-2H3,(H,26,28). The van der Waals surface area contributed by atoms with Gasteiger partial charge in [-0.15, -0.1) is 0 Å². The molecule has 2 aromatic carbocycles. The van der Waals surface area contributed by atoms with E-state index in [1.54, 1.807) is 12.1 Å². The molecule has 2 heterocycles. The molecular formula is C24H23N3O2S. The third-order valence-electron chi connectivity index (χ3n) is 4.63. The zero-order valence-corrected chi connectivity index (χ0v) is 17.8. The second-order valence-electron chi connectivity index (χ2n) is 6.96. The summed E-state index contributed by atoms with van der Waals surface area (Å²) < 4.78 is 7.45. The minimum atomic E-state index is -0.274.